The Bertz CT molecular complexity index is 1360. The van der Waals surface area contributed by atoms with Crippen LogP contribution >= 0.6 is 0 Å². The van der Waals surface area contributed by atoms with Crippen LogP contribution in [0.15, 0.2) is 35.1 Å². The molecule has 1 aromatic heterocycles. The Morgan fingerprint density at radius 3 is 2.33 bits per heavy atom. The third-order valence-corrected chi connectivity index (χ3v) is 5.97. The van der Waals surface area contributed by atoms with Crippen molar-refractivity contribution in [3.05, 3.63) is 69.7 Å². The molecule has 0 spiro atoms. The van der Waals surface area contributed by atoms with Crippen LogP contribution in [0.2, 0.25) is 0 Å². The largest absolute Gasteiger partial charge is 0.480 e. The van der Waals surface area contributed by atoms with Gasteiger partial charge < -0.3 is 10.1 Å². The molecule has 0 saturated heterocycles. The normalized spacial score (nSPS) is 14.9. The van der Waals surface area contributed by atoms with Gasteiger partial charge >= 0.3 is 11.9 Å². The van der Waals surface area contributed by atoms with Gasteiger partial charge in [0.15, 0.2) is 6.10 Å². The van der Waals surface area contributed by atoms with E-state index < -0.39 is 64.0 Å². The van der Waals surface area contributed by atoms with Crippen molar-refractivity contribution in [3.63, 3.8) is 0 Å². The number of benzene rings is 2. The van der Waals surface area contributed by atoms with E-state index in [1.165, 1.54) is 11.6 Å². The number of carbonyl (C=O) groups is 1. The quantitative estimate of drug-likeness (QED) is 0.478. The molecule has 0 aliphatic heterocycles. The highest BCUT2D eigenvalue weighted by Crippen LogP contribution is 2.35. The summed E-state index contributed by atoms with van der Waals surface area (Å²) in [4.78, 5) is 25.5. The SMILES string of the molecule is C[C@H](Oc1cc(-n2nc(C3CCC3)n(C)c2=O)c(F)cc1C(=O)Nc1c(F)cccc1F)C(F)(F)F. The predicted molar refractivity (Wildman–Crippen MR) is 116 cm³/mol. The molecule has 1 saturated carbocycles. The first kappa shape index (κ1) is 25.3. The van der Waals surface area contributed by atoms with E-state index in [1.807, 2.05) is 5.32 Å². The Labute approximate surface area is 200 Å². The predicted octanol–water partition coefficient (Wildman–Crippen LogP) is 4.84. The van der Waals surface area contributed by atoms with Crippen molar-refractivity contribution in [2.45, 2.75) is 44.4 Å². The molecule has 1 aliphatic rings. The summed E-state index contributed by atoms with van der Waals surface area (Å²) in [6, 6.07) is 3.98. The van der Waals surface area contributed by atoms with Gasteiger partial charge in [-0.15, -0.1) is 5.10 Å². The summed E-state index contributed by atoms with van der Waals surface area (Å²) >= 11 is 0. The Morgan fingerprint density at radius 1 is 1.14 bits per heavy atom. The van der Waals surface area contributed by atoms with Crippen molar-refractivity contribution in [2.24, 2.45) is 7.05 Å². The molecule has 0 unspecified atom stereocenters. The molecule has 36 heavy (non-hydrogen) atoms. The number of ether oxygens (including phenoxy) is 1. The van der Waals surface area contributed by atoms with E-state index in [0.29, 0.717) is 23.5 Å². The van der Waals surface area contributed by atoms with Crippen molar-refractivity contribution < 1.29 is 35.9 Å². The maximum Gasteiger partial charge on any atom is 0.425 e. The van der Waals surface area contributed by atoms with Crippen LogP contribution in [-0.2, 0) is 7.05 Å². The Balaban J connectivity index is 1.80. The molecular formula is C23H20F6N4O3. The second-order valence-electron chi connectivity index (χ2n) is 8.39. The van der Waals surface area contributed by atoms with Crippen molar-refractivity contribution in [2.75, 3.05) is 5.32 Å². The van der Waals surface area contributed by atoms with Crippen molar-refractivity contribution >= 4 is 11.6 Å². The first-order valence-corrected chi connectivity index (χ1v) is 10.9. The molecule has 1 fully saturated rings. The molecule has 2 aromatic carbocycles. The highest BCUT2D eigenvalue weighted by molar-refractivity contribution is 6.06. The van der Waals surface area contributed by atoms with Crippen molar-refractivity contribution in [1.82, 2.24) is 14.3 Å². The van der Waals surface area contributed by atoms with E-state index in [1.54, 1.807) is 0 Å². The summed E-state index contributed by atoms with van der Waals surface area (Å²) in [5.41, 5.74) is -2.97. The fourth-order valence-electron chi connectivity index (χ4n) is 3.67. The van der Waals surface area contributed by atoms with Crippen LogP contribution in [0.25, 0.3) is 5.69 Å². The zero-order valence-electron chi connectivity index (χ0n) is 19.0. The number of amides is 1. The van der Waals surface area contributed by atoms with Gasteiger partial charge in [0.2, 0.25) is 0 Å². The zero-order chi connectivity index (χ0) is 26.4. The Kier molecular flexibility index (Phi) is 6.58. The van der Waals surface area contributed by atoms with Gasteiger partial charge in [-0.3, -0.25) is 9.36 Å². The van der Waals surface area contributed by atoms with E-state index in [2.05, 4.69) is 5.10 Å². The summed E-state index contributed by atoms with van der Waals surface area (Å²) in [7, 11) is 1.44. The molecule has 13 heteroatoms. The summed E-state index contributed by atoms with van der Waals surface area (Å²) < 4.78 is 89.5. The second kappa shape index (κ2) is 9.36. The lowest BCUT2D eigenvalue weighted by molar-refractivity contribution is -0.189. The van der Waals surface area contributed by atoms with Crippen molar-refractivity contribution in [1.29, 1.82) is 0 Å². The van der Waals surface area contributed by atoms with E-state index in [0.717, 1.165) is 43.5 Å². The van der Waals surface area contributed by atoms with Gasteiger partial charge in [-0.1, -0.05) is 12.5 Å². The third-order valence-electron chi connectivity index (χ3n) is 5.97. The number of nitrogens with zero attached hydrogens (tertiary/aromatic N) is 3. The first-order chi connectivity index (χ1) is 16.9. The Morgan fingerprint density at radius 2 is 1.78 bits per heavy atom. The molecule has 1 aliphatic carbocycles. The molecule has 1 atom stereocenters. The lowest BCUT2D eigenvalue weighted by Gasteiger charge is -2.23. The van der Waals surface area contributed by atoms with Crippen LogP contribution in [-0.4, -0.2) is 32.5 Å². The third kappa shape index (κ3) is 4.69. The molecule has 1 N–H and O–H groups in total. The average molecular weight is 514 g/mol. The molecule has 7 nitrogen and oxygen atoms in total. The van der Waals surface area contributed by atoms with Crippen LogP contribution in [0.1, 0.15) is 48.3 Å². The number of para-hydroxylation sites is 1. The number of rotatable bonds is 6. The van der Waals surface area contributed by atoms with E-state index >= 15 is 4.39 Å². The minimum absolute atomic E-state index is 0.0197. The topological polar surface area (TPSA) is 78.2 Å². The lowest BCUT2D eigenvalue weighted by Crippen LogP contribution is -2.32. The molecule has 0 radical (unpaired) electrons. The van der Waals surface area contributed by atoms with E-state index in [-0.39, 0.29) is 5.92 Å². The molecule has 192 valence electrons. The smallest absolute Gasteiger partial charge is 0.425 e. The number of hydrogen-bond donors (Lipinski definition) is 1. The Hall–Kier alpha value is -3.77. The van der Waals surface area contributed by atoms with Gasteiger partial charge in [0, 0.05) is 19.0 Å². The second-order valence-corrected chi connectivity index (χ2v) is 8.39. The lowest BCUT2D eigenvalue weighted by atomic mass is 9.85. The molecule has 4 rings (SSSR count). The van der Waals surface area contributed by atoms with Crippen LogP contribution in [0.5, 0.6) is 5.75 Å². The summed E-state index contributed by atoms with van der Waals surface area (Å²) in [6.45, 7) is 0.656. The summed E-state index contributed by atoms with van der Waals surface area (Å²) in [6.07, 6.45) is -4.83. The minimum atomic E-state index is -4.86. The molecule has 1 heterocycles. The van der Waals surface area contributed by atoms with Gasteiger partial charge in [0.05, 0.1) is 5.56 Å². The van der Waals surface area contributed by atoms with E-state index in [4.69, 9.17) is 4.74 Å². The van der Waals surface area contributed by atoms with Crippen LogP contribution in [0.3, 0.4) is 0 Å². The first-order valence-electron chi connectivity index (χ1n) is 10.9. The average Bonchev–Trinajstić information content (AvgIpc) is 3.04. The highest BCUT2D eigenvalue weighted by Gasteiger charge is 2.39. The van der Waals surface area contributed by atoms with Crippen molar-refractivity contribution in [3.8, 4) is 11.4 Å². The van der Waals surface area contributed by atoms with Gasteiger partial charge in [-0.25, -0.2) is 18.0 Å². The zero-order valence-corrected chi connectivity index (χ0v) is 19.0. The number of alkyl halides is 3. The number of nitrogens with one attached hydrogen (secondary N) is 1. The minimum Gasteiger partial charge on any atom is -0.480 e. The summed E-state index contributed by atoms with van der Waals surface area (Å²) in [5.74, 6) is -5.25. The number of anilines is 1. The molecule has 1 amide bonds. The summed E-state index contributed by atoms with van der Waals surface area (Å²) in [5, 5.41) is 6.03. The van der Waals surface area contributed by atoms with Crippen LogP contribution < -0.4 is 15.7 Å². The van der Waals surface area contributed by atoms with Gasteiger partial charge in [0.25, 0.3) is 5.91 Å². The maximum absolute atomic E-state index is 15.1. The maximum atomic E-state index is 15.1. The number of carbonyl (C=O) groups excluding carboxylic acids is 1. The fraction of sp³-hybridized carbons (Fsp3) is 0.348. The monoisotopic (exact) mass is 514 g/mol. The van der Waals surface area contributed by atoms with E-state index in [9.17, 15) is 31.5 Å². The van der Waals surface area contributed by atoms with Gasteiger partial charge in [-0.2, -0.15) is 17.9 Å². The highest BCUT2D eigenvalue weighted by atomic mass is 19.4. The molecule has 0 bridgehead atoms. The number of aromatic nitrogens is 3. The van der Waals surface area contributed by atoms with Gasteiger partial charge in [-0.05, 0) is 38.0 Å². The van der Waals surface area contributed by atoms with Crippen LogP contribution in [0.4, 0.5) is 32.0 Å². The van der Waals surface area contributed by atoms with Crippen LogP contribution in [0, 0.1) is 17.5 Å². The number of hydrogen-bond acceptors (Lipinski definition) is 4. The molecular weight excluding hydrogens is 494 g/mol. The fourth-order valence-corrected chi connectivity index (χ4v) is 3.67. The number of halogens is 6. The standard InChI is InChI=1S/C23H20F6N4O3/c1-11(23(27,28)29)36-18-10-17(33-22(35)32(2)20(31-33)12-5-3-6-12)16(26)9-13(18)21(34)30-19-14(24)7-4-8-15(19)25/h4,7-12H,3,5-6H2,1-2H3,(H,30,34)/t11-/m0/s1. The molecule has 3 aromatic rings. The van der Waals surface area contributed by atoms with Gasteiger partial charge in [0.1, 0.15) is 40.4 Å².